The molecule has 88 valence electrons. The number of hydrogen-bond donors (Lipinski definition) is 0. The Bertz CT molecular complexity index is 246. The molecule has 0 saturated heterocycles. The van der Waals surface area contributed by atoms with E-state index < -0.39 is 31.1 Å². The van der Waals surface area contributed by atoms with Crippen LogP contribution in [0.2, 0.25) is 0 Å². The highest BCUT2D eigenvalue weighted by molar-refractivity contribution is 5.86. The topological polar surface area (TPSA) is 26.3 Å². The van der Waals surface area contributed by atoms with Crippen LogP contribution in [-0.2, 0) is 9.53 Å². The molecule has 0 saturated carbocycles. The maximum absolute atomic E-state index is 11.9. The average molecular weight is 232 g/mol. The lowest BCUT2D eigenvalue weighted by molar-refractivity contribution is -0.219. The van der Waals surface area contributed by atoms with Crippen molar-refractivity contribution < 1.29 is 31.5 Å². The zero-order chi connectivity index (χ0) is 12.2. The van der Waals surface area contributed by atoms with Gasteiger partial charge in [-0.3, -0.25) is 0 Å². The van der Waals surface area contributed by atoms with Crippen LogP contribution in [0.5, 0.6) is 0 Å². The third-order valence-corrected chi connectivity index (χ3v) is 1.47. The Kier molecular flexibility index (Phi) is 4.70. The Morgan fingerprint density at radius 2 is 1.87 bits per heavy atom. The molecule has 0 radical (unpaired) electrons. The minimum atomic E-state index is -5.09. The van der Waals surface area contributed by atoms with Gasteiger partial charge < -0.3 is 4.74 Å². The highest BCUT2D eigenvalue weighted by Crippen LogP contribution is 2.31. The first-order valence-electron chi connectivity index (χ1n) is 3.83. The molecule has 0 spiro atoms. The van der Waals surface area contributed by atoms with Gasteiger partial charge in [-0.2, -0.15) is 13.2 Å². The number of carbonyl (C=O) groups excluding carboxylic acids is 1. The first-order chi connectivity index (χ1) is 6.66. The Hall–Kier alpha value is -1.14. The summed E-state index contributed by atoms with van der Waals surface area (Å²) in [5.74, 6) is -4.08. The fourth-order valence-corrected chi connectivity index (χ4v) is 0.599. The van der Waals surface area contributed by atoms with E-state index in [0.29, 0.717) is 0 Å². The number of halogens is 5. The van der Waals surface area contributed by atoms with E-state index in [4.69, 9.17) is 0 Å². The molecule has 1 atom stereocenters. The van der Waals surface area contributed by atoms with Gasteiger partial charge in [-0.15, -0.1) is 0 Å². The van der Waals surface area contributed by atoms with E-state index in [9.17, 15) is 26.7 Å². The minimum Gasteiger partial charge on any atom is -0.461 e. The molecule has 0 amide bonds. The summed E-state index contributed by atoms with van der Waals surface area (Å²) in [6, 6.07) is 0. The number of ether oxygens (including phenoxy) is 1. The standard InChI is InChI=1S/C8H9F5O2/c1-4(2)7(14)15-3-5(6(9)10)8(11,12)13/h5-6H,1,3H2,2H3. The molecule has 0 aliphatic rings. The smallest absolute Gasteiger partial charge is 0.400 e. The normalized spacial score (nSPS) is 13.8. The maximum Gasteiger partial charge on any atom is 0.400 e. The van der Waals surface area contributed by atoms with Gasteiger partial charge in [0.2, 0.25) is 0 Å². The molecular weight excluding hydrogens is 223 g/mol. The highest BCUT2D eigenvalue weighted by atomic mass is 19.4. The molecule has 0 fully saturated rings. The zero-order valence-corrected chi connectivity index (χ0v) is 7.78. The molecule has 0 bridgehead atoms. The second-order valence-electron chi connectivity index (χ2n) is 2.86. The first-order valence-corrected chi connectivity index (χ1v) is 3.83. The van der Waals surface area contributed by atoms with Gasteiger partial charge in [-0.25, -0.2) is 13.6 Å². The minimum absolute atomic E-state index is 0.148. The van der Waals surface area contributed by atoms with E-state index in [-0.39, 0.29) is 5.57 Å². The summed E-state index contributed by atoms with van der Waals surface area (Å²) < 4.78 is 63.6. The first kappa shape index (κ1) is 13.9. The van der Waals surface area contributed by atoms with Gasteiger partial charge >= 0.3 is 12.1 Å². The number of carbonyl (C=O) groups is 1. The van der Waals surface area contributed by atoms with Gasteiger partial charge in [0.1, 0.15) is 12.5 Å². The van der Waals surface area contributed by atoms with Crippen LogP contribution in [0.1, 0.15) is 6.92 Å². The van der Waals surface area contributed by atoms with Gasteiger partial charge in [0.15, 0.2) is 0 Å². The number of rotatable bonds is 4. The van der Waals surface area contributed by atoms with Crippen LogP contribution in [0.25, 0.3) is 0 Å². The Morgan fingerprint density at radius 1 is 1.40 bits per heavy atom. The average Bonchev–Trinajstić information content (AvgIpc) is 2.00. The summed E-state index contributed by atoms with van der Waals surface area (Å²) in [6.07, 6.45) is -8.72. The van der Waals surface area contributed by atoms with E-state index in [1.807, 2.05) is 0 Å². The van der Waals surface area contributed by atoms with Crippen LogP contribution in [-0.4, -0.2) is 25.2 Å². The molecule has 2 nitrogen and oxygen atoms in total. The molecule has 15 heavy (non-hydrogen) atoms. The lowest BCUT2D eigenvalue weighted by Crippen LogP contribution is -2.34. The van der Waals surface area contributed by atoms with E-state index in [0.717, 1.165) is 0 Å². The van der Waals surface area contributed by atoms with Crippen molar-refractivity contribution in [1.82, 2.24) is 0 Å². The largest absolute Gasteiger partial charge is 0.461 e. The number of esters is 1. The third kappa shape index (κ3) is 4.75. The molecule has 0 aromatic rings. The van der Waals surface area contributed by atoms with Crippen molar-refractivity contribution in [3.05, 3.63) is 12.2 Å². The lowest BCUT2D eigenvalue weighted by atomic mass is 10.1. The van der Waals surface area contributed by atoms with Crippen molar-refractivity contribution in [3.63, 3.8) is 0 Å². The second-order valence-corrected chi connectivity index (χ2v) is 2.86. The molecule has 1 unspecified atom stereocenters. The molecule has 0 heterocycles. The van der Waals surface area contributed by atoms with E-state index >= 15 is 0 Å². The van der Waals surface area contributed by atoms with Crippen LogP contribution in [0.15, 0.2) is 12.2 Å². The highest BCUT2D eigenvalue weighted by Gasteiger charge is 2.46. The summed E-state index contributed by atoms with van der Waals surface area (Å²) in [4.78, 5) is 10.7. The molecule has 0 aromatic heterocycles. The van der Waals surface area contributed by atoms with Crippen molar-refractivity contribution in [3.8, 4) is 0 Å². The van der Waals surface area contributed by atoms with Crippen molar-refractivity contribution in [2.75, 3.05) is 6.61 Å². The molecular formula is C8H9F5O2. The van der Waals surface area contributed by atoms with E-state index in [1.165, 1.54) is 6.92 Å². The molecule has 0 aliphatic heterocycles. The summed E-state index contributed by atoms with van der Waals surface area (Å²) >= 11 is 0. The van der Waals surface area contributed by atoms with Crippen LogP contribution in [0.4, 0.5) is 22.0 Å². The van der Waals surface area contributed by atoms with Crippen LogP contribution in [0.3, 0.4) is 0 Å². The van der Waals surface area contributed by atoms with Crippen molar-refractivity contribution in [1.29, 1.82) is 0 Å². The molecule has 0 rings (SSSR count). The zero-order valence-electron chi connectivity index (χ0n) is 7.78. The Morgan fingerprint density at radius 3 is 2.13 bits per heavy atom. The summed E-state index contributed by atoms with van der Waals surface area (Å²) in [5.41, 5.74) is -0.148. The van der Waals surface area contributed by atoms with Crippen molar-refractivity contribution >= 4 is 5.97 Å². The molecule has 0 N–H and O–H groups in total. The van der Waals surface area contributed by atoms with Gasteiger partial charge in [-0.1, -0.05) is 6.58 Å². The number of hydrogen-bond acceptors (Lipinski definition) is 2. The summed E-state index contributed by atoms with van der Waals surface area (Å²) in [5, 5.41) is 0. The molecule has 0 aliphatic carbocycles. The molecule has 0 aromatic carbocycles. The fraction of sp³-hybridized carbons (Fsp3) is 0.625. The van der Waals surface area contributed by atoms with Gasteiger partial charge in [0.05, 0.1) is 0 Å². The SMILES string of the molecule is C=C(C)C(=O)OCC(C(F)F)C(F)(F)F. The predicted octanol–water partition coefficient (Wildman–Crippen LogP) is 2.55. The Labute approximate surface area is 82.7 Å². The molecule has 7 heteroatoms. The summed E-state index contributed by atoms with van der Waals surface area (Å²) in [6.45, 7) is 2.90. The van der Waals surface area contributed by atoms with E-state index in [2.05, 4.69) is 11.3 Å². The fourth-order valence-electron chi connectivity index (χ4n) is 0.599. The van der Waals surface area contributed by atoms with Gasteiger partial charge in [0.25, 0.3) is 6.43 Å². The van der Waals surface area contributed by atoms with Crippen molar-refractivity contribution in [2.24, 2.45) is 5.92 Å². The van der Waals surface area contributed by atoms with Crippen LogP contribution >= 0.6 is 0 Å². The van der Waals surface area contributed by atoms with E-state index in [1.54, 1.807) is 0 Å². The van der Waals surface area contributed by atoms with Crippen LogP contribution in [0, 0.1) is 5.92 Å². The lowest BCUT2D eigenvalue weighted by Gasteiger charge is -2.18. The maximum atomic E-state index is 11.9. The third-order valence-electron chi connectivity index (χ3n) is 1.47. The van der Waals surface area contributed by atoms with Crippen LogP contribution < -0.4 is 0 Å². The van der Waals surface area contributed by atoms with Crippen molar-refractivity contribution in [2.45, 2.75) is 19.5 Å². The Balaban J connectivity index is 4.33. The quantitative estimate of drug-likeness (QED) is 0.423. The monoisotopic (exact) mass is 232 g/mol. The predicted molar refractivity (Wildman–Crippen MR) is 41.3 cm³/mol. The number of alkyl halides is 5. The second kappa shape index (κ2) is 5.09. The van der Waals surface area contributed by atoms with Gasteiger partial charge in [-0.05, 0) is 6.92 Å². The summed E-state index contributed by atoms with van der Waals surface area (Å²) in [7, 11) is 0. The van der Waals surface area contributed by atoms with Gasteiger partial charge in [0, 0.05) is 5.57 Å².